The van der Waals surface area contributed by atoms with Gasteiger partial charge in [0.2, 0.25) is 0 Å². The van der Waals surface area contributed by atoms with Gasteiger partial charge in [0.25, 0.3) is 0 Å². The molecule has 2 rings (SSSR count). The monoisotopic (exact) mass is 271 g/mol. The fourth-order valence-corrected chi connectivity index (χ4v) is 3.66. The number of aliphatic hydroxyl groups excluding tert-OH is 1. The summed E-state index contributed by atoms with van der Waals surface area (Å²) < 4.78 is 0. The third kappa shape index (κ3) is 4.16. The van der Waals surface area contributed by atoms with Crippen LogP contribution in [0.3, 0.4) is 0 Å². The first kappa shape index (κ1) is 13.2. The summed E-state index contributed by atoms with van der Waals surface area (Å²) in [4.78, 5) is 3.94. The van der Waals surface area contributed by atoms with E-state index < -0.39 is 0 Å². The van der Waals surface area contributed by atoms with E-state index in [1.54, 1.807) is 12.4 Å². The topological polar surface area (TPSA) is 33.1 Å². The molecular weight excluding hydrogens is 254 g/mol. The summed E-state index contributed by atoms with van der Waals surface area (Å²) in [6.45, 7) is 0. The molecule has 0 bridgehead atoms. The van der Waals surface area contributed by atoms with Crippen LogP contribution in [0.2, 0.25) is 5.02 Å². The highest BCUT2D eigenvalue weighted by Crippen LogP contribution is 2.30. The van der Waals surface area contributed by atoms with Crippen molar-refractivity contribution in [1.29, 1.82) is 0 Å². The average Bonchev–Trinajstić information content (AvgIpc) is 2.82. The van der Waals surface area contributed by atoms with Crippen molar-refractivity contribution >= 4 is 23.4 Å². The van der Waals surface area contributed by atoms with E-state index in [0.717, 1.165) is 16.6 Å². The Labute approximate surface area is 112 Å². The fraction of sp³-hybridized carbons (Fsp3) is 0.615. The van der Waals surface area contributed by atoms with Gasteiger partial charge in [-0.2, -0.15) is 11.8 Å². The first-order chi connectivity index (χ1) is 8.25. The Balaban J connectivity index is 1.76. The van der Waals surface area contributed by atoms with Crippen LogP contribution in [0.5, 0.6) is 0 Å². The summed E-state index contributed by atoms with van der Waals surface area (Å²) in [6, 6.07) is 1.88. The lowest BCUT2D eigenvalue weighted by atomic mass is 10.1. The number of rotatable bonds is 5. The van der Waals surface area contributed by atoms with Crippen LogP contribution in [0.1, 0.15) is 31.2 Å². The van der Waals surface area contributed by atoms with Crippen molar-refractivity contribution in [1.82, 2.24) is 4.98 Å². The van der Waals surface area contributed by atoms with Crippen molar-refractivity contribution in [2.45, 2.75) is 43.5 Å². The molecule has 1 atom stereocenters. The molecule has 0 saturated heterocycles. The SMILES string of the molecule is OC(CSC1CCCC1)Cc1ccncc1Cl. The van der Waals surface area contributed by atoms with E-state index in [2.05, 4.69) is 4.98 Å². The van der Waals surface area contributed by atoms with Crippen LogP contribution in [0.15, 0.2) is 18.5 Å². The maximum absolute atomic E-state index is 9.99. The zero-order valence-electron chi connectivity index (χ0n) is 9.81. The molecule has 1 aliphatic carbocycles. The van der Waals surface area contributed by atoms with E-state index in [4.69, 9.17) is 11.6 Å². The summed E-state index contributed by atoms with van der Waals surface area (Å²) >= 11 is 7.92. The van der Waals surface area contributed by atoms with Gasteiger partial charge in [-0.1, -0.05) is 24.4 Å². The molecule has 0 aliphatic heterocycles. The lowest BCUT2D eigenvalue weighted by molar-refractivity contribution is 0.200. The van der Waals surface area contributed by atoms with Gasteiger partial charge >= 0.3 is 0 Å². The van der Waals surface area contributed by atoms with Crippen LogP contribution in [0.25, 0.3) is 0 Å². The lowest BCUT2D eigenvalue weighted by Gasteiger charge is -2.14. The largest absolute Gasteiger partial charge is 0.392 e. The van der Waals surface area contributed by atoms with Crippen LogP contribution in [0, 0.1) is 0 Å². The van der Waals surface area contributed by atoms with Crippen LogP contribution in [-0.4, -0.2) is 27.2 Å². The molecule has 4 heteroatoms. The summed E-state index contributed by atoms with van der Waals surface area (Å²) in [5, 5.41) is 11.4. The van der Waals surface area contributed by atoms with Crippen LogP contribution < -0.4 is 0 Å². The summed E-state index contributed by atoms with van der Waals surface area (Å²) in [5.41, 5.74) is 0.987. The number of hydrogen-bond acceptors (Lipinski definition) is 3. The Hall–Kier alpha value is -0.250. The van der Waals surface area contributed by atoms with Crippen molar-refractivity contribution in [3.05, 3.63) is 29.0 Å². The molecule has 1 N–H and O–H groups in total. The average molecular weight is 272 g/mol. The molecule has 1 aromatic heterocycles. The maximum atomic E-state index is 9.99. The normalized spacial score (nSPS) is 18.5. The molecule has 17 heavy (non-hydrogen) atoms. The fourth-order valence-electron chi connectivity index (χ4n) is 2.18. The number of thioether (sulfide) groups is 1. The van der Waals surface area contributed by atoms with Crippen molar-refractivity contribution in [3.63, 3.8) is 0 Å². The van der Waals surface area contributed by atoms with E-state index in [0.29, 0.717) is 11.4 Å². The smallest absolute Gasteiger partial charge is 0.0671 e. The molecule has 1 heterocycles. The van der Waals surface area contributed by atoms with Crippen LogP contribution in [-0.2, 0) is 6.42 Å². The molecule has 0 spiro atoms. The van der Waals surface area contributed by atoms with Gasteiger partial charge in [0, 0.05) is 29.8 Å². The zero-order valence-corrected chi connectivity index (χ0v) is 11.4. The summed E-state index contributed by atoms with van der Waals surface area (Å²) in [6.07, 6.45) is 9.00. The Morgan fingerprint density at radius 3 is 2.94 bits per heavy atom. The van der Waals surface area contributed by atoms with E-state index >= 15 is 0 Å². The van der Waals surface area contributed by atoms with Gasteiger partial charge in [0.15, 0.2) is 0 Å². The second-order valence-corrected chi connectivity index (χ2v) is 6.31. The minimum Gasteiger partial charge on any atom is -0.392 e. The zero-order chi connectivity index (χ0) is 12.1. The summed E-state index contributed by atoms with van der Waals surface area (Å²) in [7, 11) is 0. The number of nitrogens with zero attached hydrogens (tertiary/aromatic N) is 1. The molecule has 1 fully saturated rings. The van der Waals surface area contributed by atoms with E-state index in [9.17, 15) is 5.11 Å². The van der Waals surface area contributed by atoms with E-state index in [1.165, 1.54) is 25.7 Å². The Morgan fingerprint density at radius 1 is 1.47 bits per heavy atom. The van der Waals surface area contributed by atoms with E-state index in [-0.39, 0.29) is 6.10 Å². The predicted molar refractivity (Wildman–Crippen MR) is 73.7 cm³/mol. The highest BCUT2D eigenvalue weighted by Gasteiger charge is 2.17. The number of aromatic nitrogens is 1. The minimum absolute atomic E-state index is 0.305. The van der Waals surface area contributed by atoms with Gasteiger partial charge in [-0.15, -0.1) is 0 Å². The molecular formula is C13H18ClNOS. The quantitative estimate of drug-likeness (QED) is 0.892. The van der Waals surface area contributed by atoms with Crippen molar-refractivity contribution in [3.8, 4) is 0 Å². The molecule has 1 aromatic rings. The van der Waals surface area contributed by atoms with Crippen molar-refractivity contribution in [2.75, 3.05) is 5.75 Å². The molecule has 0 aromatic carbocycles. The standard InChI is InChI=1S/C13H18ClNOS/c14-13-8-15-6-5-10(13)7-11(16)9-17-12-3-1-2-4-12/h5-6,8,11-12,16H,1-4,7,9H2. The number of halogens is 1. The molecule has 2 nitrogen and oxygen atoms in total. The second-order valence-electron chi connectivity index (χ2n) is 4.56. The highest BCUT2D eigenvalue weighted by atomic mass is 35.5. The van der Waals surface area contributed by atoms with Crippen LogP contribution >= 0.6 is 23.4 Å². The lowest BCUT2D eigenvalue weighted by Crippen LogP contribution is -2.15. The van der Waals surface area contributed by atoms with Gasteiger partial charge in [-0.25, -0.2) is 0 Å². The first-order valence-corrected chi connectivity index (χ1v) is 7.56. The summed E-state index contributed by atoms with van der Waals surface area (Å²) in [5.74, 6) is 0.809. The highest BCUT2D eigenvalue weighted by molar-refractivity contribution is 7.99. The van der Waals surface area contributed by atoms with Gasteiger partial charge in [0.1, 0.15) is 0 Å². The molecule has 1 aliphatic rings. The van der Waals surface area contributed by atoms with Gasteiger partial charge < -0.3 is 5.11 Å². The Morgan fingerprint density at radius 2 is 2.24 bits per heavy atom. The number of hydrogen-bond donors (Lipinski definition) is 1. The number of pyridine rings is 1. The Kier molecular flexibility index (Phi) is 5.14. The van der Waals surface area contributed by atoms with Crippen molar-refractivity contribution < 1.29 is 5.11 Å². The van der Waals surface area contributed by atoms with Gasteiger partial charge in [0.05, 0.1) is 11.1 Å². The Bertz CT molecular complexity index is 355. The molecule has 0 amide bonds. The molecule has 1 unspecified atom stereocenters. The molecule has 94 valence electrons. The predicted octanol–water partition coefficient (Wildman–Crippen LogP) is 3.31. The third-order valence-electron chi connectivity index (χ3n) is 3.14. The first-order valence-electron chi connectivity index (χ1n) is 6.14. The van der Waals surface area contributed by atoms with Gasteiger partial charge in [-0.3, -0.25) is 4.98 Å². The maximum Gasteiger partial charge on any atom is 0.0671 e. The third-order valence-corrected chi connectivity index (χ3v) is 5.00. The molecule has 1 saturated carbocycles. The van der Waals surface area contributed by atoms with Gasteiger partial charge in [-0.05, 0) is 24.5 Å². The second kappa shape index (κ2) is 6.62. The van der Waals surface area contributed by atoms with E-state index in [1.807, 2.05) is 17.8 Å². The molecule has 0 radical (unpaired) electrons. The minimum atomic E-state index is -0.305. The number of aliphatic hydroxyl groups is 1. The van der Waals surface area contributed by atoms with Crippen molar-refractivity contribution in [2.24, 2.45) is 0 Å². The van der Waals surface area contributed by atoms with Crippen LogP contribution in [0.4, 0.5) is 0 Å².